The first-order chi connectivity index (χ1) is 15.2. The van der Waals surface area contributed by atoms with E-state index in [9.17, 15) is 24.6 Å². The summed E-state index contributed by atoms with van der Waals surface area (Å²) >= 11 is 0. The van der Waals surface area contributed by atoms with Crippen molar-refractivity contribution in [1.29, 1.82) is 0 Å². The first kappa shape index (κ1) is 22.6. The third-order valence-electron chi connectivity index (χ3n) is 5.09. The second kappa shape index (κ2) is 9.38. The summed E-state index contributed by atoms with van der Waals surface area (Å²) in [5.74, 6) is -1.43. The highest BCUT2D eigenvalue weighted by atomic mass is 16.4. The van der Waals surface area contributed by atoms with Crippen molar-refractivity contribution in [3.8, 4) is 16.9 Å². The zero-order chi connectivity index (χ0) is 23.4. The molecular formula is C24H25N3O5. The average molecular weight is 435 g/mol. The minimum Gasteiger partial charge on any atom is -0.505 e. The van der Waals surface area contributed by atoms with Crippen molar-refractivity contribution in [3.63, 3.8) is 0 Å². The fraction of sp³-hybridized carbons (Fsp3) is 0.208. The molecule has 0 aliphatic carbocycles. The Morgan fingerprint density at radius 3 is 2.38 bits per heavy atom. The molecule has 1 aromatic heterocycles. The van der Waals surface area contributed by atoms with E-state index in [1.165, 1.54) is 17.8 Å². The molecule has 3 aromatic rings. The van der Waals surface area contributed by atoms with Crippen molar-refractivity contribution < 1.29 is 19.8 Å². The van der Waals surface area contributed by atoms with E-state index in [4.69, 9.17) is 0 Å². The maximum absolute atomic E-state index is 12.6. The van der Waals surface area contributed by atoms with E-state index in [0.29, 0.717) is 11.1 Å². The number of carboxylic acid groups (broad SMARTS) is 1. The summed E-state index contributed by atoms with van der Waals surface area (Å²) in [6.45, 7) is 3.58. The molecule has 0 aliphatic rings. The quantitative estimate of drug-likeness (QED) is 0.470. The highest BCUT2D eigenvalue weighted by molar-refractivity contribution is 5.91. The highest BCUT2D eigenvalue weighted by Gasteiger charge is 2.21. The van der Waals surface area contributed by atoms with Crippen molar-refractivity contribution in [3.05, 3.63) is 81.8 Å². The molecule has 32 heavy (non-hydrogen) atoms. The number of aliphatic carboxylic acids is 1. The molecule has 0 bridgehead atoms. The normalized spacial score (nSPS) is 11.6. The predicted molar refractivity (Wildman–Crippen MR) is 122 cm³/mol. The molecule has 8 nitrogen and oxygen atoms in total. The van der Waals surface area contributed by atoms with E-state index in [2.05, 4.69) is 10.6 Å². The fourth-order valence-electron chi connectivity index (χ4n) is 3.49. The van der Waals surface area contributed by atoms with Crippen LogP contribution in [-0.2, 0) is 11.8 Å². The number of nitrogens with one attached hydrogen (secondary N) is 2. The lowest BCUT2D eigenvalue weighted by Crippen LogP contribution is -2.36. The van der Waals surface area contributed by atoms with Gasteiger partial charge in [0.05, 0.1) is 12.5 Å². The number of nitrogens with zero attached hydrogens (tertiary/aromatic N) is 1. The van der Waals surface area contributed by atoms with Crippen molar-refractivity contribution in [2.24, 2.45) is 7.05 Å². The van der Waals surface area contributed by atoms with Gasteiger partial charge in [-0.1, -0.05) is 48.0 Å². The van der Waals surface area contributed by atoms with Gasteiger partial charge < -0.3 is 25.4 Å². The molecule has 166 valence electrons. The average Bonchev–Trinajstić information content (AvgIpc) is 2.75. The number of aromatic nitrogens is 1. The molecule has 0 unspecified atom stereocenters. The van der Waals surface area contributed by atoms with Gasteiger partial charge in [0.25, 0.3) is 5.56 Å². The minimum atomic E-state index is -1.09. The van der Waals surface area contributed by atoms with Gasteiger partial charge >= 0.3 is 12.0 Å². The molecule has 2 aromatic carbocycles. The van der Waals surface area contributed by atoms with Crippen LogP contribution < -0.4 is 16.2 Å². The molecule has 8 heteroatoms. The Morgan fingerprint density at radius 1 is 1.06 bits per heavy atom. The number of rotatable bonds is 6. The molecular weight excluding hydrogens is 410 g/mol. The Labute approximate surface area is 185 Å². The third-order valence-corrected chi connectivity index (χ3v) is 5.09. The summed E-state index contributed by atoms with van der Waals surface area (Å²) in [5.41, 5.74) is 3.10. The number of aryl methyl sites for hydroxylation is 3. The number of hydrogen-bond donors (Lipinski definition) is 4. The summed E-state index contributed by atoms with van der Waals surface area (Å²) in [4.78, 5) is 36.4. The van der Waals surface area contributed by atoms with E-state index < -0.39 is 23.6 Å². The van der Waals surface area contributed by atoms with Crippen LogP contribution in [0.5, 0.6) is 5.75 Å². The number of pyridine rings is 1. The summed E-state index contributed by atoms with van der Waals surface area (Å²) in [6, 6.07) is 13.5. The largest absolute Gasteiger partial charge is 0.505 e. The molecule has 0 radical (unpaired) electrons. The summed E-state index contributed by atoms with van der Waals surface area (Å²) in [5, 5.41) is 24.5. The maximum Gasteiger partial charge on any atom is 0.319 e. The van der Waals surface area contributed by atoms with Crippen LogP contribution in [-0.4, -0.2) is 26.8 Å². The zero-order valence-electron chi connectivity index (χ0n) is 18.0. The fourth-order valence-corrected chi connectivity index (χ4v) is 3.49. The van der Waals surface area contributed by atoms with E-state index in [1.807, 2.05) is 43.3 Å². The van der Waals surface area contributed by atoms with E-state index >= 15 is 0 Å². The van der Waals surface area contributed by atoms with Crippen LogP contribution in [0.3, 0.4) is 0 Å². The van der Waals surface area contributed by atoms with E-state index in [0.717, 1.165) is 16.7 Å². The Kier molecular flexibility index (Phi) is 6.63. The predicted octanol–water partition coefficient (Wildman–Crippen LogP) is 3.71. The number of hydrogen-bond acceptors (Lipinski definition) is 4. The third kappa shape index (κ3) is 5.15. The molecule has 0 saturated heterocycles. The van der Waals surface area contributed by atoms with Crippen molar-refractivity contribution in [1.82, 2.24) is 9.88 Å². The van der Waals surface area contributed by atoms with Gasteiger partial charge in [-0.25, -0.2) is 4.79 Å². The number of amides is 2. The summed E-state index contributed by atoms with van der Waals surface area (Å²) in [6.07, 6.45) is 1.09. The highest BCUT2D eigenvalue weighted by Crippen LogP contribution is 2.26. The summed E-state index contributed by atoms with van der Waals surface area (Å²) < 4.78 is 1.24. The van der Waals surface area contributed by atoms with Gasteiger partial charge in [0.1, 0.15) is 5.75 Å². The Hall–Kier alpha value is -4.07. The van der Waals surface area contributed by atoms with Gasteiger partial charge in [0.15, 0.2) is 5.69 Å². The second-order valence-electron chi connectivity index (χ2n) is 7.70. The lowest BCUT2D eigenvalue weighted by atomic mass is 9.97. The maximum atomic E-state index is 12.6. The Balaban J connectivity index is 1.88. The molecule has 0 saturated carbocycles. The molecule has 0 fully saturated rings. The monoisotopic (exact) mass is 435 g/mol. The number of carboxylic acids is 1. The molecule has 0 spiro atoms. The SMILES string of the molecule is Cc1cccc(-c2cccc([C@H](CC(=O)O)NC(=O)Nc3c(O)c(C)cn(C)c3=O)c2)c1. The zero-order valence-corrected chi connectivity index (χ0v) is 18.0. The Morgan fingerprint density at radius 2 is 1.72 bits per heavy atom. The van der Waals surface area contributed by atoms with Gasteiger partial charge in [-0.3, -0.25) is 9.59 Å². The molecule has 1 atom stereocenters. The van der Waals surface area contributed by atoms with Gasteiger partial charge in [0, 0.05) is 18.8 Å². The van der Waals surface area contributed by atoms with Gasteiger partial charge in [-0.15, -0.1) is 0 Å². The molecule has 1 heterocycles. The van der Waals surface area contributed by atoms with Gasteiger partial charge in [-0.05, 0) is 36.6 Å². The number of urea groups is 1. The first-order valence-electron chi connectivity index (χ1n) is 10.0. The van der Waals surface area contributed by atoms with Crippen LogP contribution in [0.4, 0.5) is 10.5 Å². The number of aromatic hydroxyl groups is 1. The molecule has 2 amide bonds. The van der Waals surface area contributed by atoms with E-state index in [-0.39, 0.29) is 17.9 Å². The van der Waals surface area contributed by atoms with Gasteiger partial charge in [-0.2, -0.15) is 0 Å². The van der Waals surface area contributed by atoms with Crippen molar-refractivity contribution in [2.75, 3.05) is 5.32 Å². The van der Waals surface area contributed by atoms with Gasteiger partial charge in [0.2, 0.25) is 0 Å². The second-order valence-corrected chi connectivity index (χ2v) is 7.70. The molecule has 3 rings (SSSR count). The van der Waals surface area contributed by atoms with Crippen LogP contribution in [0.1, 0.15) is 29.2 Å². The van der Waals surface area contributed by atoms with E-state index in [1.54, 1.807) is 19.1 Å². The van der Waals surface area contributed by atoms with Crippen LogP contribution in [0.2, 0.25) is 0 Å². The lowest BCUT2D eigenvalue weighted by molar-refractivity contribution is -0.137. The molecule has 4 N–H and O–H groups in total. The smallest absolute Gasteiger partial charge is 0.319 e. The Bertz CT molecular complexity index is 1230. The topological polar surface area (TPSA) is 121 Å². The van der Waals surface area contributed by atoms with Crippen LogP contribution in [0.15, 0.2) is 59.5 Å². The first-order valence-corrected chi connectivity index (χ1v) is 10.0. The van der Waals surface area contributed by atoms with Crippen LogP contribution in [0.25, 0.3) is 11.1 Å². The lowest BCUT2D eigenvalue weighted by Gasteiger charge is -2.19. The number of benzene rings is 2. The number of carbonyl (C=O) groups is 2. The number of anilines is 1. The molecule has 0 aliphatic heterocycles. The summed E-state index contributed by atoms with van der Waals surface area (Å²) in [7, 11) is 1.50. The van der Waals surface area contributed by atoms with Crippen LogP contribution >= 0.6 is 0 Å². The van der Waals surface area contributed by atoms with Crippen molar-refractivity contribution in [2.45, 2.75) is 26.3 Å². The minimum absolute atomic E-state index is 0.271. The number of carbonyl (C=O) groups excluding carboxylic acids is 1. The van der Waals surface area contributed by atoms with Crippen molar-refractivity contribution >= 4 is 17.7 Å². The van der Waals surface area contributed by atoms with Crippen LogP contribution in [0, 0.1) is 13.8 Å². The standard InChI is InChI=1S/C24H25N3O5/c1-14-6-4-7-16(10-14)17-8-5-9-18(11-17)19(12-20(28)29)25-24(32)26-21-22(30)15(2)13-27(3)23(21)31/h4-11,13,19,30H,12H2,1-3H3,(H,28,29)(H2,25,26,32)/t19-/m0/s1.